The lowest BCUT2D eigenvalue weighted by Gasteiger charge is -2.59. The number of rotatable bonds is 6. The summed E-state index contributed by atoms with van der Waals surface area (Å²) in [5.74, 6) is -2.17. The van der Waals surface area contributed by atoms with Crippen LogP contribution in [0.15, 0.2) is 18.2 Å². The maximum absolute atomic E-state index is 13.7. The lowest BCUT2D eigenvalue weighted by atomic mass is 9.53. The van der Waals surface area contributed by atoms with Crippen molar-refractivity contribution in [2.45, 2.75) is 136 Å². The van der Waals surface area contributed by atoms with E-state index in [0.717, 1.165) is 25.7 Å². The Labute approximate surface area is 314 Å². The fourth-order valence-corrected chi connectivity index (χ4v) is 9.97. The zero-order valence-corrected chi connectivity index (χ0v) is 33.7. The van der Waals surface area contributed by atoms with Gasteiger partial charge in [0, 0.05) is 21.8 Å². The van der Waals surface area contributed by atoms with Gasteiger partial charge in [-0.1, -0.05) is 20.7 Å². The van der Waals surface area contributed by atoms with Crippen LogP contribution in [0.1, 0.15) is 107 Å². The second-order valence-corrected chi connectivity index (χ2v) is 20.0. The van der Waals surface area contributed by atoms with Crippen LogP contribution in [-0.2, 0) is 44.5 Å². The van der Waals surface area contributed by atoms with Crippen LogP contribution in [0.2, 0.25) is 0 Å². The molecular weight excluding hydrogens is 789 g/mol. The summed E-state index contributed by atoms with van der Waals surface area (Å²) in [4.78, 5) is 81.2. The second kappa shape index (κ2) is 14.3. The van der Waals surface area contributed by atoms with Gasteiger partial charge in [-0.15, -0.1) is 0 Å². The molecular formula is C38H50INO12. The minimum atomic E-state index is -1.62. The smallest absolute Gasteiger partial charge is 0.443 e. The lowest BCUT2D eigenvalue weighted by Crippen LogP contribution is -2.65. The highest BCUT2D eigenvalue weighted by Gasteiger charge is 2.64. The summed E-state index contributed by atoms with van der Waals surface area (Å²) in [7, 11) is 0. The molecule has 5 fully saturated rings. The molecule has 13 nitrogen and oxygen atoms in total. The molecule has 1 aromatic rings. The van der Waals surface area contributed by atoms with Gasteiger partial charge in [0.2, 0.25) is 0 Å². The second-order valence-electron chi connectivity index (χ2n) is 17.2. The van der Waals surface area contributed by atoms with E-state index in [0.29, 0.717) is 25.9 Å². The first-order valence-corrected chi connectivity index (χ1v) is 19.9. The Hall–Kier alpha value is -3.56. The summed E-state index contributed by atoms with van der Waals surface area (Å²) in [6.45, 7) is 16.0. The lowest BCUT2D eigenvalue weighted by molar-refractivity contribution is -0.308. The molecule has 1 heterocycles. The summed E-state index contributed by atoms with van der Waals surface area (Å²) in [6.07, 6.45) is 1.14. The molecule has 1 saturated heterocycles. The number of hydrogen-bond donors (Lipinski definition) is 0. The number of halogens is 1. The van der Waals surface area contributed by atoms with E-state index in [2.05, 4.69) is 0 Å². The van der Waals surface area contributed by atoms with Crippen molar-refractivity contribution in [1.29, 1.82) is 0 Å². The van der Waals surface area contributed by atoms with E-state index in [9.17, 15) is 28.8 Å². The normalized spacial score (nSPS) is 25.9. The first-order chi connectivity index (χ1) is 23.9. The van der Waals surface area contributed by atoms with Gasteiger partial charge in [-0.3, -0.25) is 4.79 Å². The number of imide groups is 1. The number of carbonyl (C=O) groups is 6. The van der Waals surface area contributed by atoms with Gasteiger partial charge in [0.25, 0.3) is 5.79 Å². The van der Waals surface area contributed by atoms with Gasteiger partial charge >= 0.3 is 30.3 Å². The minimum absolute atomic E-state index is 0.0285. The van der Waals surface area contributed by atoms with Gasteiger partial charge in [0.1, 0.15) is 28.6 Å². The number of esters is 2. The SMILES string of the molecule is CC(=O)[C@H](Cc1cc(OC(=O)OC(C)(C)C)ccc1I=C1C(=O)OC2(OC1=O)C1CC3CC(C1)CC2C3)N(C(=O)OC(C)(C)C)C(=O)OC(C)(C)C. The van der Waals surface area contributed by atoms with Crippen LogP contribution in [-0.4, -0.2) is 73.1 Å². The largest absolute Gasteiger partial charge is 0.514 e. The highest BCUT2D eigenvalue weighted by atomic mass is 127. The number of hydrogen-bond acceptors (Lipinski definition) is 12. The van der Waals surface area contributed by atoms with E-state index in [1.807, 2.05) is 0 Å². The molecule has 0 unspecified atom stereocenters. The zero-order chi connectivity index (χ0) is 38.6. The van der Waals surface area contributed by atoms with Gasteiger partial charge in [0.15, 0.2) is 9.29 Å². The number of Topliss-reactive ketones (excluding diaryl/α,β-unsaturated/α-hetero) is 1. The van der Waals surface area contributed by atoms with E-state index in [1.54, 1.807) is 68.4 Å². The Morgan fingerprint density at radius 1 is 0.788 bits per heavy atom. The minimum Gasteiger partial charge on any atom is -0.443 e. The standard InChI is InChI=1S/C38H50INO12/c1-20(41)28(40(32(44)50-35(2,3)4)33(45)51-36(5,6)7)19-23-18-26(47-34(46)52-37(8,9)10)11-12-27(23)39-29-30(42)48-38(49-31(29)43)24-14-21-13-22(16-24)17-25(38)15-21/h11-12,18,21-22,24-25,28H,13-17,19H2,1-10H3/t21?,22?,24?,25?,28-/m0/s1. The van der Waals surface area contributed by atoms with Crippen molar-refractivity contribution in [3.05, 3.63) is 27.3 Å². The number of benzene rings is 1. The molecule has 6 rings (SSSR count). The number of ketones is 1. The van der Waals surface area contributed by atoms with Crippen LogP contribution in [0, 0.1) is 27.2 Å². The van der Waals surface area contributed by atoms with Gasteiger partial charge in [-0.05, 0) is 137 Å². The highest BCUT2D eigenvalue weighted by Crippen LogP contribution is 2.60. The molecule has 286 valence electrons. The van der Waals surface area contributed by atoms with E-state index in [4.69, 9.17) is 28.4 Å². The van der Waals surface area contributed by atoms with Crippen molar-refractivity contribution in [1.82, 2.24) is 4.90 Å². The molecule has 4 bridgehead atoms. The van der Waals surface area contributed by atoms with Gasteiger partial charge in [0.05, 0.1) is 0 Å². The Bertz CT molecular complexity index is 1600. The molecule has 0 aromatic heterocycles. The van der Waals surface area contributed by atoms with Crippen LogP contribution in [0.4, 0.5) is 14.4 Å². The predicted octanol–water partition coefficient (Wildman–Crippen LogP) is 7.24. The first kappa shape index (κ1) is 39.6. The summed E-state index contributed by atoms with van der Waals surface area (Å²) >= 11 is -1.62. The molecule has 1 aromatic carbocycles. The Morgan fingerprint density at radius 2 is 1.27 bits per heavy atom. The quantitative estimate of drug-likeness (QED) is 0.123. The van der Waals surface area contributed by atoms with E-state index in [-0.39, 0.29) is 27.5 Å². The maximum Gasteiger partial charge on any atom is 0.514 e. The molecule has 5 aliphatic rings. The predicted molar refractivity (Wildman–Crippen MR) is 195 cm³/mol. The average molecular weight is 840 g/mol. The molecule has 0 N–H and O–H groups in total. The van der Waals surface area contributed by atoms with Crippen molar-refractivity contribution in [3.8, 4) is 5.75 Å². The highest BCUT2D eigenvalue weighted by molar-refractivity contribution is 14.2. The van der Waals surface area contributed by atoms with Crippen LogP contribution < -0.4 is 4.74 Å². The van der Waals surface area contributed by atoms with Crippen LogP contribution >= 0.6 is 20.7 Å². The molecule has 14 heteroatoms. The van der Waals surface area contributed by atoms with Crippen molar-refractivity contribution >= 4 is 60.3 Å². The first-order valence-electron chi connectivity index (χ1n) is 17.7. The van der Waals surface area contributed by atoms with Gasteiger partial charge in [-0.2, -0.15) is 0 Å². The van der Waals surface area contributed by atoms with E-state index < -0.39 is 85.4 Å². The van der Waals surface area contributed by atoms with Gasteiger partial charge in [-0.25, -0.2) is 28.9 Å². The third-order valence-corrected chi connectivity index (χ3v) is 12.4. The van der Waals surface area contributed by atoms with Crippen molar-refractivity contribution in [2.75, 3.05) is 0 Å². The summed E-state index contributed by atoms with van der Waals surface area (Å²) < 4.78 is 34.4. The van der Waals surface area contributed by atoms with Gasteiger partial charge < -0.3 is 28.4 Å². The van der Waals surface area contributed by atoms with Crippen LogP contribution in [0.25, 0.3) is 0 Å². The molecule has 1 aliphatic heterocycles. The number of nitrogens with zero attached hydrogens (tertiary/aromatic N) is 1. The fourth-order valence-electron chi connectivity index (χ4n) is 7.64. The molecule has 0 radical (unpaired) electrons. The number of carbonyl (C=O) groups excluding carboxylic acids is 6. The van der Waals surface area contributed by atoms with Crippen molar-refractivity contribution < 1.29 is 57.2 Å². The summed E-state index contributed by atoms with van der Waals surface area (Å²) in [5.41, 5.74) is -2.57. The molecule has 1 atom stereocenters. The zero-order valence-electron chi connectivity index (χ0n) is 31.6. The Kier molecular flexibility index (Phi) is 10.9. The van der Waals surface area contributed by atoms with Crippen molar-refractivity contribution in [3.63, 3.8) is 0 Å². The average Bonchev–Trinajstić information content (AvgIpc) is 2.95. The molecule has 52 heavy (non-hydrogen) atoms. The summed E-state index contributed by atoms with van der Waals surface area (Å²) in [5, 5.41) is 0. The number of ether oxygens (including phenoxy) is 6. The van der Waals surface area contributed by atoms with E-state index in [1.165, 1.54) is 25.5 Å². The third kappa shape index (κ3) is 9.14. The molecule has 2 amide bonds. The Morgan fingerprint density at radius 3 is 1.71 bits per heavy atom. The Balaban J connectivity index is 1.53. The maximum atomic E-state index is 13.7. The topological polar surface area (TPSA) is 161 Å². The van der Waals surface area contributed by atoms with Crippen molar-refractivity contribution in [2.24, 2.45) is 23.7 Å². The van der Waals surface area contributed by atoms with Crippen LogP contribution in [0.3, 0.4) is 0 Å². The van der Waals surface area contributed by atoms with E-state index >= 15 is 0 Å². The van der Waals surface area contributed by atoms with Crippen LogP contribution in [0.5, 0.6) is 5.75 Å². The molecule has 4 saturated carbocycles. The molecule has 1 spiro atoms. The number of amides is 2. The fraction of sp³-hybridized carbons (Fsp3) is 0.658. The molecule has 4 aliphatic carbocycles. The monoisotopic (exact) mass is 839 g/mol. The third-order valence-electron chi connectivity index (χ3n) is 9.32. The summed E-state index contributed by atoms with van der Waals surface area (Å²) in [6, 6.07) is 3.06.